The maximum absolute atomic E-state index is 12.9. The van der Waals surface area contributed by atoms with Crippen LogP contribution >= 0.6 is 46.3 Å². The lowest BCUT2D eigenvalue weighted by atomic mass is 9.97. The first-order valence-electron chi connectivity index (χ1n) is 11.3. The molecule has 3 N–H and O–H groups in total. The Labute approximate surface area is 232 Å². The van der Waals surface area contributed by atoms with Crippen molar-refractivity contribution in [1.29, 1.82) is 5.41 Å². The molecule has 0 amide bonds. The lowest BCUT2D eigenvalue weighted by Crippen LogP contribution is -2.12. The van der Waals surface area contributed by atoms with E-state index in [0.29, 0.717) is 41.5 Å². The number of carbonyl (C=O) groups excluding carboxylic acids is 2. The summed E-state index contributed by atoms with van der Waals surface area (Å²) in [7, 11) is 0. The fourth-order valence-corrected chi connectivity index (χ4v) is 6.20. The van der Waals surface area contributed by atoms with E-state index in [2.05, 4.69) is 0 Å². The molecule has 10 heteroatoms. The van der Waals surface area contributed by atoms with Gasteiger partial charge in [-0.15, -0.1) is 11.3 Å². The summed E-state index contributed by atoms with van der Waals surface area (Å²) >= 11 is 14.6. The summed E-state index contributed by atoms with van der Waals surface area (Å²) in [5, 5.41) is 10.0. The van der Waals surface area contributed by atoms with Crippen LogP contribution in [0.4, 0.5) is 5.00 Å². The standard InChI is InChI=1S/C27H22Cl2N2O4S2/c1-3-34-26(32)22-20(14-5-9-16(28)10-6-14)18(36-24(22)30)13-19-21(15-7-11-17(29)12-8-15)23(25(31)37-19)27(33)35-4-2/h5-13,30H,3-4,31H2,1-2H3/b18-13-,30-24?. The fraction of sp³-hybridized carbons (Fsp3) is 0.148. The second-order valence-electron chi connectivity index (χ2n) is 7.73. The van der Waals surface area contributed by atoms with E-state index in [1.54, 1.807) is 62.4 Å². The van der Waals surface area contributed by atoms with Gasteiger partial charge in [-0.25, -0.2) is 9.59 Å². The minimum absolute atomic E-state index is 0.0674. The second kappa shape index (κ2) is 11.6. The number of anilines is 1. The quantitative estimate of drug-likeness (QED) is 0.283. The van der Waals surface area contributed by atoms with Crippen LogP contribution in [0.5, 0.6) is 0 Å². The molecule has 0 saturated heterocycles. The van der Waals surface area contributed by atoms with Gasteiger partial charge < -0.3 is 15.2 Å². The van der Waals surface area contributed by atoms with Crippen LogP contribution < -0.4 is 5.73 Å². The molecule has 1 aromatic heterocycles. The largest absolute Gasteiger partial charge is 0.462 e. The molecule has 0 bridgehead atoms. The maximum Gasteiger partial charge on any atom is 0.341 e. The molecule has 6 nitrogen and oxygen atoms in total. The summed E-state index contributed by atoms with van der Waals surface area (Å²) in [4.78, 5) is 27.1. The average Bonchev–Trinajstić information content (AvgIpc) is 3.36. The van der Waals surface area contributed by atoms with Crippen molar-refractivity contribution in [2.45, 2.75) is 13.8 Å². The molecule has 0 unspecified atom stereocenters. The third-order valence-electron chi connectivity index (χ3n) is 5.39. The molecule has 1 aliphatic rings. The van der Waals surface area contributed by atoms with Crippen LogP contribution in [0, 0.1) is 5.41 Å². The van der Waals surface area contributed by atoms with Gasteiger partial charge >= 0.3 is 11.9 Å². The van der Waals surface area contributed by atoms with E-state index in [9.17, 15) is 9.59 Å². The molecule has 0 radical (unpaired) electrons. The molecule has 0 aliphatic carbocycles. The molecule has 0 saturated carbocycles. The summed E-state index contributed by atoms with van der Waals surface area (Å²) in [6, 6.07) is 14.1. The number of allylic oxidation sites excluding steroid dienone is 1. The molecule has 0 spiro atoms. The Morgan fingerprint density at radius 2 is 1.46 bits per heavy atom. The minimum Gasteiger partial charge on any atom is -0.462 e. The van der Waals surface area contributed by atoms with Crippen molar-refractivity contribution in [3.8, 4) is 11.1 Å². The lowest BCUT2D eigenvalue weighted by Gasteiger charge is -2.10. The van der Waals surface area contributed by atoms with Crippen molar-refractivity contribution in [3.63, 3.8) is 0 Å². The Bertz CT molecular complexity index is 1440. The van der Waals surface area contributed by atoms with Crippen LogP contribution in [-0.2, 0) is 14.3 Å². The molecule has 2 aromatic carbocycles. The number of thioether (sulfide) groups is 1. The van der Waals surface area contributed by atoms with E-state index < -0.39 is 11.9 Å². The number of benzene rings is 2. The predicted molar refractivity (Wildman–Crippen MR) is 153 cm³/mol. The summed E-state index contributed by atoms with van der Waals surface area (Å²) in [6.07, 6.45) is 1.84. The Hall–Kier alpha value is -3.04. The van der Waals surface area contributed by atoms with Gasteiger partial charge in [0.2, 0.25) is 0 Å². The monoisotopic (exact) mass is 572 g/mol. The number of nitrogens with two attached hydrogens (primary N) is 1. The Kier molecular flexibility index (Phi) is 8.44. The second-order valence-corrected chi connectivity index (χ2v) is 10.7. The van der Waals surface area contributed by atoms with Gasteiger partial charge in [-0.2, -0.15) is 0 Å². The molecular weight excluding hydrogens is 551 g/mol. The van der Waals surface area contributed by atoms with E-state index in [1.807, 2.05) is 6.08 Å². The number of nitrogen functional groups attached to an aromatic ring is 1. The molecule has 37 heavy (non-hydrogen) atoms. The summed E-state index contributed by atoms with van der Waals surface area (Å²) in [5.41, 5.74) is 9.35. The van der Waals surface area contributed by atoms with Gasteiger partial charge in [0.25, 0.3) is 0 Å². The number of hydrogen-bond donors (Lipinski definition) is 2. The Morgan fingerprint density at radius 1 is 0.919 bits per heavy atom. The summed E-state index contributed by atoms with van der Waals surface area (Å²) in [6.45, 7) is 3.82. The van der Waals surface area contributed by atoms with E-state index in [1.165, 1.54) is 11.3 Å². The van der Waals surface area contributed by atoms with Crippen molar-refractivity contribution in [1.82, 2.24) is 0 Å². The van der Waals surface area contributed by atoms with Crippen molar-refractivity contribution >= 4 is 79.9 Å². The first-order valence-corrected chi connectivity index (χ1v) is 13.7. The van der Waals surface area contributed by atoms with Crippen LogP contribution in [0.1, 0.15) is 34.6 Å². The van der Waals surface area contributed by atoms with Gasteiger partial charge in [0.1, 0.15) is 21.2 Å². The third-order valence-corrected chi connectivity index (χ3v) is 7.81. The van der Waals surface area contributed by atoms with E-state index in [4.69, 9.17) is 43.8 Å². The number of esters is 2. The maximum atomic E-state index is 12.9. The Morgan fingerprint density at radius 3 is 2.03 bits per heavy atom. The molecule has 0 atom stereocenters. The SMILES string of the molecule is CCOC(=O)C1=C(c2ccc(Cl)cc2)/C(=C/c2sc(N)c(C(=O)OCC)c2-c2ccc(Cl)cc2)SC1=N. The number of nitrogens with one attached hydrogen (secondary N) is 1. The highest BCUT2D eigenvalue weighted by atomic mass is 35.5. The van der Waals surface area contributed by atoms with Crippen molar-refractivity contribution in [2.75, 3.05) is 18.9 Å². The number of carbonyl (C=O) groups is 2. The van der Waals surface area contributed by atoms with Crippen LogP contribution in [0.25, 0.3) is 22.8 Å². The van der Waals surface area contributed by atoms with Gasteiger partial charge in [-0.3, -0.25) is 5.41 Å². The Balaban J connectivity index is 1.96. The molecular formula is C27H22Cl2N2O4S2. The summed E-state index contributed by atoms with van der Waals surface area (Å²) in [5.74, 6) is -1.11. The molecule has 1 aliphatic heterocycles. The number of thiophene rings is 1. The van der Waals surface area contributed by atoms with Gasteiger partial charge in [0.15, 0.2) is 0 Å². The molecule has 4 rings (SSSR count). The van der Waals surface area contributed by atoms with Crippen LogP contribution in [-0.4, -0.2) is 30.2 Å². The van der Waals surface area contributed by atoms with Crippen molar-refractivity contribution in [2.24, 2.45) is 0 Å². The van der Waals surface area contributed by atoms with E-state index >= 15 is 0 Å². The van der Waals surface area contributed by atoms with Crippen LogP contribution in [0.2, 0.25) is 10.0 Å². The first-order chi connectivity index (χ1) is 17.7. The van der Waals surface area contributed by atoms with Gasteiger partial charge in [0, 0.05) is 31.0 Å². The first kappa shape index (κ1) is 27.0. The molecule has 3 aromatic rings. The van der Waals surface area contributed by atoms with Gasteiger partial charge in [-0.1, -0.05) is 59.2 Å². The number of rotatable bonds is 7. The highest BCUT2D eigenvalue weighted by Crippen LogP contribution is 2.48. The molecule has 190 valence electrons. The zero-order valence-corrected chi connectivity index (χ0v) is 23.0. The van der Waals surface area contributed by atoms with Crippen molar-refractivity contribution in [3.05, 3.63) is 85.1 Å². The van der Waals surface area contributed by atoms with Gasteiger partial charge in [-0.05, 0) is 55.3 Å². The molecule has 2 heterocycles. The number of ether oxygens (including phenoxy) is 2. The van der Waals surface area contributed by atoms with E-state index in [-0.39, 0.29) is 29.4 Å². The van der Waals surface area contributed by atoms with E-state index in [0.717, 1.165) is 17.3 Å². The number of halogens is 2. The lowest BCUT2D eigenvalue weighted by molar-refractivity contribution is -0.137. The van der Waals surface area contributed by atoms with Crippen molar-refractivity contribution < 1.29 is 19.1 Å². The molecule has 0 fully saturated rings. The summed E-state index contributed by atoms with van der Waals surface area (Å²) < 4.78 is 10.6. The third kappa shape index (κ3) is 5.62. The zero-order valence-electron chi connectivity index (χ0n) is 19.9. The highest BCUT2D eigenvalue weighted by Gasteiger charge is 2.33. The minimum atomic E-state index is -0.579. The smallest absolute Gasteiger partial charge is 0.341 e. The zero-order chi connectivity index (χ0) is 26.7. The fourth-order valence-electron chi connectivity index (χ4n) is 3.85. The van der Waals surface area contributed by atoms with Gasteiger partial charge in [0.05, 0.1) is 13.2 Å². The predicted octanol–water partition coefficient (Wildman–Crippen LogP) is 7.56. The average molecular weight is 574 g/mol. The highest BCUT2D eigenvalue weighted by molar-refractivity contribution is 8.18. The van der Waals surface area contributed by atoms with Crippen LogP contribution in [0.3, 0.4) is 0 Å². The van der Waals surface area contributed by atoms with Crippen LogP contribution in [0.15, 0.2) is 59.0 Å². The normalized spacial score (nSPS) is 14.4. The number of hydrogen-bond acceptors (Lipinski definition) is 8. The topological polar surface area (TPSA) is 102 Å².